The molecule has 0 saturated heterocycles. The summed E-state index contributed by atoms with van der Waals surface area (Å²) >= 11 is 0. The Morgan fingerprint density at radius 3 is 2.12 bits per heavy atom. The van der Waals surface area contributed by atoms with Crippen molar-refractivity contribution in [2.24, 2.45) is 5.92 Å². The average molecular weight is 393 g/mol. The third-order valence-corrected chi connectivity index (χ3v) is 4.76. The number of carbonyl (C=O) groups excluding carboxylic acids is 2. The fourth-order valence-electron chi connectivity index (χ4n) is 2.75. The smallest absolute Gasteiger partial charge is 0.353 e. The molecule has 1 atom stereocenters. The number of hydrogen-bond acceptors (Lipinski definition) is 4. The average Bonchev–Trinajstić information content (AvgIpc) is 2.57. The van der Waals surface area contributed by atoms with Crippen LogP contribution in [0.25, 0.3) is 0 Å². The highest BCUT2D eigenvalue weighted by Gasteiger charge is 2.25. The van der Waals surface area contributed by atoms with E-state index in [1.165, 1.54) is 0 Å². The number of unbranched alkanes of at least 4 members (excludes halogenated alkanes) is 7. The number of rotatable bonds is 17. The predicted octanol–water partition coefficient (Wildman–Crippen LogP) is 3.73. The van der Waals surface area contributed by atoms with Crippen LogP contribution in [0, 0.1) is 5.92 Å². The molecule has 1 unspecified atom stereocenters. The van der Waals surface area contributed by atoms with Crippen LogP contribution < -0.4 is 5.32 Å². The molecule has 0 radical (unpaired) electrons. The van der Waals surface area contributed by atoms with E-state index in [1.54, 1.807) is 0 Å². The van der Waals surface area contributed by atoms with Crippen LogP contribution in [0.1, 0.15) is 84.5 Å². The molecule has 0 bridgehead atoms. The first-order valence-electron chi connectivity index (χ1n) is 9.82. The SMILES string of the molecule is CCCCCCCC(=O)C(CCCCCC)C(=O)NCCOP(=O)(O)O. The molecule has 0 spiro atoms. The van der Waals surface area contributed by atoms with Crippen molar-refractivity contribution in [1.82, 2.24) is 5.32 Å². The van der Waals surface area contributed by atoms with Crippen LogP contribution in [-0.2, 0) is 18.7 Å². The second kappa shape index (κ2) is 15.3. The Balaban J connectivity index is 4.39. The van der Waals surface area contributed by atoms with E-state index in [-0.39, 0.29) is 24.8 Å². The molecule has 0 aliphatic carbocycles. The molecular weight excluding hydrogens is 357 g/mol. The highest BCUT2D eigenvalue weighted by Crippen LogP contribution is 2.35. The largest absolute Gasteiger partial charge is 0.469 e. The lowest BCUT2D eigenvalue weighted by Gasteiger charge is -2.16. The Morgan fingerprint density at radius 2 is 1.54 bits per heavy atom. The van der Waals surface area contributed by atoms with E-state index in [1.807, 2.05) is 0 Å². The summed E-state index contributed by atoms with van der Waals surface area (Å²) in [6.45, 7) is 3.92. The van der Waals surface area contributed by atoms with E-state index < -0.39 is 13.7 Å². The number of carbonyl (C=O) groups is 2. The molecule has 0 aromatic heterocycles. The first kappa shape index (κ1) is 25.2. The van der Waals surface area contributed by atoms with Gasteiger partial charge in [0.25, 0.3) is 0 Å². The molecule has 0 aromatic carbocycles. The molecule has 8 heteroatoms. The molecule has 0 heterocycles. The monoisotopic (exact) mass is 393 g/mol. The first-order valence-corrected chi connectivity index (χ1v) is 11.3. The Labute approximate surface area is 157 Å². The van der Waals surface area contributed by atoms with Gasteiger partial charge in [-0.1, -0.05) is 65.2 Å². The molecule has 3 N–H and O–H groups in total. The van der Waals surface area contributed by atoms with Gasteiger partial charge in [0, 0.05) is 13.0 Å². The summed E-state index contributed by atoms with van der Waals surface area (Å²) in [6.07, 6.45) is 10.1. The van der Waals surface area contributed by atoms with Crippen LogP contribution in [-0.4, -0.2) is 34.6 Å². The van der Waals surface area contributed by atoms with Crippen molar-refractivity contribution in [2.45, 2.75) is 84.5 Å². The zero-order valence-corrected chi connectivity index (χ0v) is 17.1. The van der Waals surface area contributed by atoms with Crippen molar-refractivity contribution < 1.29 is 28.5 Å². The number of ketones is 1. The number of phosphoric ester groups is 1. The van der Waals surface area contributed by atoms with Crippen molar-refractivity contribution in [1.29, 1.82) is 0 Å². The summed E-state index contributed by atoms with van der Waals surface area (Å²) in [5.74, 6) is -1.08. The highest BCUT2D eigenvalue weighted by molar-refractivity contribution is 7.46. The van der Waals surface area contributed by atoms with Gasteiger partial charge in [-0.3, -0.25) is 14.1 Å². The third kappa shape index (κ3) is 14.4. The fourth-order valence-corrected chi connectivity index (χ4v) is 3.08. The summed E-state index contributed by atoms with van der Waals surface area (Å²) in [7, 11) is -4.54. The van der Waals surface area contributed by atoms with E-state index in [2.05, 4.69) is 23.7 Å². The zero-order valence-electron chi connectivity index (χ0n) is 16.2. The minimum absolute atomic E-state index is 0.0286. The van der Waals surface area contributed by atoms with Gasteiger partial charge in [-0.05, 0) is 12.8 Å². The molecule has 0 rings (SSSR count). The van der Waals surface area contributed by atoms with Crippen molar-refractivity contribution >= 4 is 19.5 Å². The summed E-state index contributed by atoms with van der Waals surface area (Å²) in [5, 5.41) is 2.56. The molecule has 1 amide bonds. The Hall–Kier alpha value is -0.750. The summed E-state index contributed by atoms with van der Waals surface area (Å²) in [6, 6.07) is 0. The van der Waals surface area contributed by atoms with Crippen LogP contribution >= 0.6 is 7.82 Å². The quantitative estimate of drug-likeness (QED) is 0.197. The summed E-state index contributed by atoms with van der Waals surface area (Å²) in [5.41, 5.74) is 0. The standard InChI is InChI=1S/C18H36NO6P/c1-3-5-7-9-11-13-17(20)16(12-10-8-6-4-2)18(21)19-14-15-25-26(22,23)24/h16H,3-15H2,1-2H3,(H,19,21)(H2,22,23,24). The van der Waals surface area contributed by atoms with Gasteiger partial charge in [0.05, 0.1) is 12.5 Å². The fraction of sp³-hybridized carbons (Fsp3) is 0.889. The second-order valence-corrected chi connectivity index (χ2v) is 7.89. The van der Waals surface area contributed by atoms with E-state index >= 15 is 0 Å². The van der Waals surface area contributed by atoms with Crippen LogP contribution in [0.5, 0.6) is 0 Å². The van der Waals surface area contributed by atoms with Gasteiger partial charge in [-0.25, -0.2) is 4.57 Å². The molecule has 0 saturated carbocycles. The number of phosphoric acid groups is 1. The Morgan fingerprint density at radius 1 is 0.962 bits per heavy atom. The number of Topliss-reactive ketones (excluding diaryl/α,β-unsaturated/α-hetero) is 1. The van der Waals surface area contributed by atoms with E-state index in [0.29, 0.717) is 12.8 Å². The molecule has 154 valence electrons. The molecule has 0 aromatic rings. The van der Waals surface area contributed by atoms with Crippen molar-refractivity contribution in [3.63, 3.8) is 0 Å². The van der Waals surface area contributed by atoms with E-state index in [0.717, 1.165) is 57.8 Å². The maximum atomic E-state index is 12.5. The van der Waals surface area contributed by atoms with Gasteiger partial charge in [0.2, 0.25) is 5.91 Å². The predicted molar refractivity (Wildman–Crippen MR) is 102 cm³/mol. The highest BCUT2D eigenvalue weighted by atomic mass is 31.2. The summed E-state index contributed by atoms with van der Waals surface area (Å²) < 4.78 is 14.9. The molecule has 7 nitrogen and oxygen atoms in total. The van der Waals surface area contributed by atoms with E-state index in [4.69, 9.17) is 9.79 Å². The topological polar surface area (TPSA) is 113 Å². The molecule has 26 heavy (non-hydrogen) atoms. The van der Waals surface area contributed by atoms with Gasteiger partial charge >= 0.3 is 7.82 Å². The van der Waals surface area contributed by atoms with Crippen molar-refractivity contribution in [3.05, 3.63) is 0 Å². The van der Waals surface area contributed by atoms with Crippen molar-refractivity contribution in [3.8, 4) is 0 Å². The van der Waals surface area contributed by atoms with Crippen molar-refractivity contribution in [2.75, 3.05) is 13.2 Å². The Kier molecular flexibility index (Phi) is 14.9. The first-order chi connectivity index (χ1) is 12.3. The molecule has 0 aliphatic heterocycles. The van der Waals surface area contributed by atoms with Gasteiger partial charge in [-0.2, -0.15) is 0 Å². The van der Waals surface area contributed by atoms with Gasteiger partial charge in [0.15, 0.2) is 0 Å². The number of nitrogens with one attached hydrogen (secondary N) is 1. The minimum atomic E-state index is -4.54. The number of amides is 1. The lowest BCUT2D eigenvalue weighted by atomic mass is 9.92. The normalized spacial score (nSPS) is 12.8. The maximum Gasteiger partial charge on any atom is 0.469 e. The maximum absolute atomic E-state index is 12.5. The van der Waals surface area contributed by atoms with Gasteiger partial charge in [0.1, 0.15) is 5.78 Å². The molecule has 0 aliphatic rings. The van der Waals surface area contributed by atoms with Crippen LogP contribution in [0.4, 0.5) is 0 Å². The van der Waals surface area contributed by atoms with Crippen LogP contribution in [0.3, 0.4) is 0 Å². The van der Waals surface area contributed by atoms with Gasteiger partial charge < -0.3 is 15.1 Å². The molecule has 0 fully saturated rings. The van der Waals surface area contributed by atoms with Gasteiger partial charge in [-0.15, -0.1) is 0 Å². The lowest BCUT2D eigenvalue weighted by Crippen LogP contribution is -2.37. The molecular formula is C18H36NO6P. The Bertz CT molecular complexity index is 437. The van der Waals surface area contributed by atoms with Crippen LogP contribution in [0.15, 0.2) is 0 Å². The lowest BCUT2D eigenvalue weighted by molar-refractivity contribution is -0.134. The van der Waals surface area contributed by atoms with Crippen LogP contribution in [0.2, 0.25) is 0 Å². The minimum Gasteiger partial charge on any atom is -0.353 e. The van der Waals surface area contributed by atoms with E-state index in [9.17, 15) is 14.2 Å². The number of hydrogen-bond donors (Lipinski definition) is 3. The second-order valence-electron chi connectivity index (χ2n) is 6.65. The third-order valence-electron chi connectivity index (χ3n) is 4.24. The zero-order chi connectivity index (χ0) is 19.8. The summed E-state index contributed by atoms with van der Waals surface area (Å²) in [4.78, 5) is 42.0.